The number of aryl methyl sites for hydroxylation is 1. The molecule has 2 aromatic rings. The van der Waals surface area contributed by atoms with Crippen LogP contribution in [0.15, 0.2) is 41.3 Å². The number of methoxy groups -OCH3 is 2. The van der Waals surface area contributed by atoms with Crippen molar-refractivity contribution in [3.63, 3.8) is 0 Å². The Kier molecular flexibility index (Phi) is 6.96. The third-order valence-electron chi connectivity index (χ3n) is 5.52. The van der Waals surface area contributed by atoms with Gasteiger partial charge >= 0.3 is 0 Å². The minimum absolute atomic E-state index is 0.152. The van der Waals surface area contributed by atoms with Crippen LogP contribution in [-0.2, 0) is 4.79 Å². The van der Waals surface area contributed by atoms with Crippen LogP contribution in [0.3, 0.4) is 0 Å². The average molecular weight is 415 g/mol. The highest BCUT2D eigenvalue weighted by molar-refractivity contribution is 8.00. The Morgan fingerprint density at radius 3 is 2.34 bits per heavy atom. The number of piperazine rings is 1. The minimum atomic E-state index is -0.152. The summed E-state index contributed by atoms with van der Waals surface area (Å²) in [6, 6.07) is 12.2. The molecule has 1 amide bonds. The van der Waals surface area contributed by atoms with Crippen LogP contribution in [0.25, 0.3) is 0 Å². The van der Waals surface area contributed by atoms with Gasteiger partial charge < -0.3 is 19.3 Å². The third-order valence-corrected chi connectivity index (χ3v) is 6.60. The van der Waals surface area contributed by atoms with Crippen molar-refractivity contribution in [1.29, 1.82) is 0 Å². The fourth-order valence-electron chi connectivity index (χ4n) is 3.65. The van der Waals surface area contributed by atoms with Gasteiger partial charge in [0.15, 0.2) is 11.5 Å². The molecule has 0 spiro atoms. The second kappa shape index (κ2) is 9.44. The molecule has 2 aromatic carbocycles. The topological polar surface area (TPSA) is 42.0 Å². The normalized spacial score (nSPS) is 15.2. The lowest BCUT2D eigenvalue weighted by molar-refractivity contribution is -0.130. The van der Waals surface area contributed by atoms with E-state index in [0.717, 1.165) is 31.1 Å². The highest BCUT2D eigenvalue weighted by Gasteiger charge is 2.26. The Balaban J connectivity index is 1.59. The van der Waals surface area contributed by atoms with Gasteiger partial charge in [-0.05, 0) is 56.2 Å². The first-order valence-electron chi connectivity index (χ1n) is 9.93. The monoisotopic (exact) mass is 414 g/mol. The molecule has 1 fully saturated rings. The lowest BCUT2D eigenvalue weighted by Crippen LogP contribution is -2.50. The molecule has 156 valence electrons. The number of ether oxygens (including phenoxy) is 2. The fraction of sp³-hybridized carbons (Fsp3) is 0.435. The fourth-order valence-corrected chi connectivity index (χ4v) is 4.63. The van der Waals surface area contributed by atoms with Gasteiger partial charge in [-0.1, -0.05) is 12.1 Å². The van der Waals surface area contributed by atoms with Gasteiger partial charge in [0.05, 0.1) is 19.5 Å². The molecule has 29 heavy (non-hydrogen) atoms. The van der Waals surface area contributed by atoms with Crippen LogP contribution in [-0.4, -0.2) is 56.5 Å². The summed E-state index contributed by atoms with van der Waals surface area (Å²) in [6.45, 7) is 9.52. The standard InChI is InChI=1S/C23H30N2O3S/c1-16-7-6-8-20(17(16)2)24-11-13-25(14-12-24)23(26)18(3)29-19-9-10-21(27-4)22(15-19)28-5/h6-10,15,18H,11-14H2,1-5H3/t18-/m0/s1. The predicted molar refractivity (Wildman–Crippen MR) is 120 cm³/mol. The summed E-state index contributed by atoms with van der Waals surface area (Å²) >= 11 is 1.56. The Labute approximate surface area is 178 Å². The van der Waals surface area contributed by atoms with Crippen molar-refractivity contribution in [2.45, 2.75) is 30.9 Å². The number of rotatable bonds is 6. The van der Waals surface area contributed by atoms with Gasteiger partial charge in [0.1, 0.15) is 0 Å². The summed E-state index contributed by atoms with van der Waals surface area (Å²) in [4.78, 5) is 18.3. The van der Waals surface area contributed by atoms with Crippen molar-refractivity contribution >= 4 is 23.4 Å². The largest absolute Gasteiger partial charge is 0.493 e. The van der Waals surface area contributed by atoms with Gasteiger partial charge in [-0.2, -0.15) is 0 Å². The van der Waals surface area contributed by atoms with Gasteiger partial charge in [-0.25, -0.2) is 0 Å². The maximum atomic E-state index is 13.0. The lowest BCUT2D eigenvalue weighted by atomic mass is 10.1. The van der Waals surface area contributed by atoms with Crippen LogP contribution in [0.4, 0.5) is 5.69 Å². The van der Waals surface area contributed by atoms with Crippen LogP contribution in [0.5, 0.6) is 11.5 Å². The molecule has 3 rings (SSSR count). The highest BCUT2D eigenvalue weighted by Crippen LogP contribution is 2.34. The molecule has 6 heteroatoms. The van der Waals surface area contributed by atoms with E-state index in [2.05, 4.69) is 36.9 Å². The Bertz CT molecular complexity index is 863. The maximum absolute atomic E-state index is 13.0. The molecule has 1 heterocycles. The Morgan fingerprint density at radius 2 is 1.69 bits per heavy atom. The van der Waals surface area contributed by atoms with E-state index in [0.29, 0.717) is 11.5 Å². The molecule has 1 aliphatic heterocycles. The lowest BCUT2D eigenvalue weighted by Gasteiger charge is -2.38. The van der Waals surface area contributed by atoms with E-state index in [4.69, 9.17) is 9.47 Å². The molecule has 0 aliphatic carbocycles. The molecule has 1 aliphatic rings. The summed E-state index contributed by atoms with van der Waals surface area (Å²) in [5, 5.41) is -0.152. The summed E-state index contributed by atoms with van der Waals surface area (Å²) < 4.78 is 10.7. The Hall–Kier alpha value is -2.34. The first-order chi connectivity index (χ1) is 13.9. The van der Waals surface area contributed by atoms with Crippen molar-refractivity contribution < 1.29 is 14.3 Å². The number of amides is 1. The number of benzene rings is 2. The van der Waals surface area contributed by atoms with Gasteiger partial charge in [-0.3, -0.25) is 4.79 Å². The molecule has 0 radical (unpaired) electrons. The van der Waals surface area contributed by atoms with Crippen LogP contribution >= 0.6 is 11.8 Å². The first kappa shape index (κ1) is 21.4. The number of hydrogen-bond acceptors (Lipinski definition) is 5. The molecule has 5 nitrogen and oxygen atoms in total. The number of nitrogens with zero attached hydrogens (tertiary/aromatic N) is 2. The van der Waals surface area contributed by atoms with Crippen molar-refractivity contribution in [3.05, 3.63) is 47.5 Å². The minimum Gasteiger partial charge on any atom is -0.493 e. The zero-order valence-electron chi connectivity index (χ0n) is 17.9. The number of thioether (sulfide) groups is 1. The molecule has 0 bridgehead atoms. The SMILES string of the molecule is COc1ccc(S[C@@H](C)C(=O)N2CCN(c3cccc(C)c3C)CC2)cc1OC. The van der Waals surface area contributed by atoms with Crippen LogP contribution < -0.4 is 14.4 Å². The number of carbonyl (C=O) groups is 1. The van der Waals surface area contributed by atoms with Crippen LogP contribution in [0.2, 0.25) is 0 Å². The number of carbonyl (C=O) groups excluding carboxylic acids is 1. The van der Waals surface area contributed by atoms with Gasteiger partial charge in [0, 0.05) is 36.8 Å². The number of anilines is 1. The molecule has 0 aromatic heterocycles. The summed E-state index contributed by atoms with van der Waals surface area (Å²) in [5.41, 5.74) is 3.91. The zero-order valence-corrected chi connectivity index (χ0v) is 18.7. The van der Waals surface area contributed by atoms with Crippen molar-refractivity contribution in [2.24, 2.45) is 0 Å². The van der Waals surface area contributed by atoms with E-state index in [-0.39, 0.29) is 11.2 Å². The van der Waals surface area contributed by atoms with Gasteiger partial charge in [-0.15, -0.1) is 11.8 Å². The van der Waals surface area contributed by atoms with E-state index in [1.165, 1.54) is 16.8 Å². The second-order valence-electron chi connectivity index (χ2n) is 7.31. The van der Waals surface area contributed by atoms with E-state index in [9.17, 15) is 4.79 Å². The smallest absolute Gasteiger partial charge is 0.235 e. The quantitative estimate of drug-likeness (QED) is 0.664. The average Bonchev–Trinajstić information content (AvgIpc) is 2.75. The maximum Gasteiger partial charge on any atom is 0.235 e. The molecule has 1 atom stereocenters. The van der Waals surface area contributed by atoms with Crippen molar-refractivity contribution in [1.82, 2.24) is 4.90 Å². The van der Waals surface area contributed by atoms with E-state index >= 15 is 0 Å². The van der Waals surface area contributed by atoms with E-state index in [1.54, 1.807) is 26.0 Å². The van der Waals surface area contributed by atoms with E-state index in [1.807, 2.05) is 30.0 Å². The molecular formula is C23H30N2O3S. The summed E-state index contributed by atoms with van der Waals surface area (Å²) in [6.07, 6.45) is 0. The van der Waals surface area contributed by atoms with Crippen LogP contribution in [0, 0.1) is 13.8 Å². The summed E-state index contributed by atoms with van der Waals surface area (Å²) in [7, 11) is 3.24. The predicted octanol–water partition coefficient (Wildman–Crippen LogP) is 4.15. The third kappa shape index (κ3) is 4.81. The van der Waals surface area contributed by atoms with Crippen LogP contribution in [0.1, 0.15) is 18.1 Å². The highest BCUT2D eigenvalue weighted by atomic mass is 32.2. The van der Waals surface area contributed by atoms with Crippen molar-refractivity contribution in [2.75, 3.05) is 45.3 Å². The Morgan fingerprint density at radius 1 is 1.00 bits per heavy atom. The molecule has 0 N–H and O–H groups in total. The molecular weight excluding hydrogens is 384 g/mol. The molecule has 0 unspecified atom stereocenters. The van der Waals surface area contributed by atoms with Gasteiger partial charge in [0.2, 0.25) is 5.91 Å². The number of hydrogen-bond donors (Lipinski definition) is 0. The van der Waals surface area contributed by atoms with E-state index < -0.39 is 0 Å². The van der Waals surface area contributed by atoms with Gasteiger partial charge in [0.25, 0.3) is 0 Å². The van der Waals surface area contributed by atoms with Crippen molar-refractivity contribution in [3.8, 4) is 11.5 Å². The second-order valence-corrected chi connectivity index (χ2v) is 8.72. The summed E-state index contributed by atoms with van der Waals surface area (Å²) in [5.74, 6) is 1.56. The molecule has 1 saturated heterocycles. The first-order valence-corrected chi connectivity index (χ1v) is 10.8. The molecule has 0 saturated carbocycles. The zero-order chi connectivity index (χ0) is 21.0.